The van der Waals surface area contributed by atoms with Gasteiger partial charge in [-0.3, -0.25) is 9.59 Å². The van der Waals surface area contributed by atoms with E-state index in [1.165, 1.54) is 6.21 Å². The Morgan fingerprint density at radius 1 is 1.05 bits per heavy atom. The van der Waals surface area contributed by atoms with Gasteiger partial charge in [-0.05, 0) is 17.7 Å². The molecule has 0 saturated carbocycles. The summed E-state index contributed by atoms with van der Waals surface area (Å²) >= 11 is 0. The van der Waals surface area contributed by atoms with Crippen molar-refractivity contribution in [2.24, 2.45) is 5.10 Å². The molecule has 6 heteroatoms. The van der Waals surface area contributed by atoms with Gasteiger partial charge in [-0.15, -0.1) is 0 Å². The van der Waals surface area contributed by atoms with Gasteiger partial charge in [0.05, 0.1) is 11.9 Å². The molecular formula is C16H18N4O2. The van der Waals surface area contributed by atoms with Gasteiger partial charge in [-0.1, -0.05) is 30.3 Å². The Kier molecular flexibility index (Phi) is 5.92. The molecule has 0 bridgehead atoms. The lowest BCUT2D eigenvalue weighted by atomic mass is 10.2. The van der Waals surface area contributed by atoms with Crippen LogP contribution >= 0.6 is 0 Å². The molecule has 0 aliphatic rings. The zero-order chi connectivity index (χ0) is 15.6. The molecule has 22 heavy (non-hydrogen) atoms. The predicted molar refractivity (Wildman–Crippen MR) is 84.1 cm³/mol. The Balaban J connectivity index is 1.62. The van der Waals surface area contributed by atoms with Gasteiger partial charge in [0.2, 0.25) is 11.8 Å². The Hall–Kier alpha value is -2.89. The number of hydrogen-bond donors (Lipinski definition) is 3. The van der Waals surface area contributed by atoms with Gasteiger partial charge in [-0.2, -0.15) is 5.10 Å². The van der Waals surface area contributed by atoms with Gasteiger partial charge in [-0.25, -0.2) is 5.43 Å². The van der Waals surface area contributed by atoms with Crippen LogP contribution in [0.3, 0.4) is 0 Å². The first-order valence-corrected chi connectivity index (χ1v) is 7.00. The third-order valence-electron chi connectivity index (χ3n) is 2.93. The quantitative estimate of drug-likeness (QED) is 0.535. The van der Waals surface area contributed by atoms with Crippen molar-refractivity contribution >= 4 is 18.0 Å². The minimum atomic E-state index is -0.294. The van der Waals surface area contributed by atoms with Crippen LogP contribution in [0.4, 0.5) is 0 Å². The second-order valence-corrected chi connectivity index (χ2v) is 4.68. The molecule has 0 fully saturated rings. The Labute approximate surface area is 128 Å². The minimum absolute atomic E-state index is 0.0999. The van der Waals surface area contributed by atoms with Crippen molar-refractivity contribution in [2.45, 2.75) is 19.4 Å². The minimum Gasteiger partial charge on any atom is -0.360 e. The Bertz CT molecular complexity index is 621. The van der Waals surface area contributed by atoms with E-state index in [2.05, 4.69) is 20.8 Å². The highest BCUT2D eigenvalue weighted by molar-refractivity contribution is 5.84. The molecule has 114 valence electrons. The molecule has 0 atom stereocenters. The number of rotatable bonds is 7. The van der Waals surface area contributed by atoms with E-state index in [9.17, 15) is 9.59 Å². The highest BCUT2D eigenvalue weighted by atomic mass is 16.2. The SMILES string of the molecule is O=C(CCC(=O)N/N=C\c1ccc[nH]1)NCc1ccccc1. The molecule has 0 spiro atoms. The molecule has 0 unspecified atom stereocenters. The first-order valence-electron chi connectivity index (χ1n) is 7.00. The van der Waals surface area contributed by atoms with Gasteiger partial charge < -0.3 is 10.3 Å². The largest absolute Gasteiger partial charge is 0.360 e. The van der Waals surface area contributed by atoms with E-state index in [1.807, 2.05) is 42.5 Å². The van der Waals surface area contributed by atoms with Crippen LogP contribution in [0.1, 0.15) is 24.1 Å². The van der Waals surface area contributed by atoms with Gasteiger partial charge in [0.25, 0.3) is 0 Å². The van der Waals surface area contributed by atoms with E-state index in [0.717, 1.165) is 11.3 Å². The van der Waals surface area contributed by atoms with Crippen molar-refractivity contribution in [1.29, 1.82) is 0 Å². The second kappa shape index (κ2) is 8.41. The average molecular weight is 298 g/mol. The van der Waals surface area contributed by atoms with Gasteiger partial charge in [0.1, 0.15) is 0 Å². The van der Waals surface area contributed by atoms with E-state index < -0.39 is 0 Å². The van der Waals surface area contributed by atoms with Gasteiger partial charge in [0.15, 0.2) is 0 Å². The van der Waals surface area contributed by atoms with Gasteiger partial charge >= 0.3 is 0 Å². The molecule has 6 nitrogen and oxygen atoms in total. The number of nitrogens with zero attached hydrogens (tertiary/aromatic N) is 1. The highest BCUT2D eigenvalue weighted by Crippen LogP contribution is 1.98. The Morgan fingerprint density at radius 2 is 1.82 bits per heavy atom. The third kappa shape index (κ3) is 5.62. The molecule has 2 rings (SSSR count). The fourth-order valence-corrected chi connectivity index (χ4v) is 1.77. The molecule has 0 radical (unpaired) electrons. The summed E-state index contributed by atoms with van der Waals surface area (Å²) in [6.07, 6.45) is 3.51. The van der Waals surface area contributed by atoms with E-state index >= 15 is 0 Å². The standard InChI is InChI=1S/C16H18N4O2/c21-15(18-11-13-5-2-1-3-6-13)8-9-16(22)20-19-12-14-7-4-10-17-14/h1-7,10,12,17H,8-9,11H2,(H,18,21)(H,20,22)/b19-12-. The van der Waals surface area contributed by atoms with Crippen LogP contribution in [0.5, 0.6) is 0 Å². The van der Waals surface area contributed by atoms with Crippen molar-refractivity contribution in [3.63, 3.8) is 0 Å². The summed E-state index contributed by atoms with van der Waals surface area (Å²) in [4.78, 5) is 26.1. The molecule has 3 N–H and O–H groups in total. The summed E-state index contributed by atoms with van der Waals surface area (Å²) in [6.45, 7) is 0.465. The summed E-state index contributed by atoms with van der Waals surface area (Å²) < 4.78 is 0. The normalized spacial score (nSPS) is 10.5. The summed E-state index contributed by atoms with van der Waals surface area (Å²) in [5, 5.41) is 6.57. The van der Waals surface area contributed by atoms with E-state index in [0.29, 0.717) is 6.54 Å². The first kappa shape index (κ1) is 15.5. The zero-order valence-corrected chi connectivity index (χ0v) is 12.1. The van der Waals surface area contributed by atoms with Crippen LogP contribution in [0.25, 0.3) is 0 Å². The van der Waals surface area contributed by atoms with Crippen molar-refractivity contribution in [3.8, 4) is 0 Å². The molecule has 0 aliphatic carbocycles. The molecule has 1 heterocycles. The molecular weight excluding hydrogens is 280 g/mol. The maximum Gasteiger partial charge on any atom is 0.240 e. The first-order chi connectivity index (χ1) is 10.7. The number of nitrogens with one attached hydrogen (secondary N) is 3. The zero-order valence-electron chi connectivity index (χ0n) is 12.1. The maximum absolute atomic E-state index is 11.6. The third-order valence-corrected chi connectivity index (χ3v) is 2.93. The highest BCUT2D eigenvalue weighted by Gasteiger charge is 2.05. The van der Waals surface area contributed by atoms with E-state index in [1.54, 1.807) is 6.20 Å². The molecule has 2 amide bonds. The number of carbonyl (C=O) groups excluding carboxylic acids is 2. The molecule has 0 aliphatic heterocycles. The topological polar surface area (TPSA) is 86.3 Å². The predicted octanol–water partition coefficient (Wildman–Crippen LogP) is 1.56. The molecule has 0 saturated heterocycles. The summed E-state index contributed by atoms with van der Waals surface area (Å²) in [5.41, 5.74) is 4.20. The van der Waals surface area contributed by atoms with Crippen LogP contribution in [0.2, 0.25) is 0 Å². The maximum atomic E-state index is 11.6. The number of hydrogen-bond acceptors (Lipinski definition) is 3. The fraction of sp³-hybridized carbons (Fsp3) is 0.188. The van der Waals surface area contributed by atoms with Crippen molar-refractivity contribution in [1.82, 2.24) is 15.7 Å². The van der Waals surface area contributed by atoms with Crippen LogP contribution < -0.4 is 10.7 Å². The number of aromatic nitrogens is 1. The van der Waals surface area contributed by atoms with E-state index in [4.69, 9.17) is 0 Å². The van der Waals surface area contributed by atoms with Crippen molar-refractivity contribution < 1.29 is 9.59 Å². The molecule has 1 aromatic carbocycles. The lowest BCUT2D eigenvalue weighted by Crippen LogP contribution is -2.25. The van der Waals surface area contributed by atoms with Gasteiger partial charge in [0, 0.05) is 25.6 Å². The molecule has 1 aromatic heterocycles. The van der Waals surface area contributed by atoms with Crippen LogP contribution in [-0.4, -0.2) is 23.0 Å². The smallest absolute Gasteiger partial charge is 0.240 e. The van der Waals surface area contributed by atoms with Crippen LogP contribution in [0, 0.1) is 0 Å². The summed E-state index contributed by atoms with van der Waals surface area (Å²) in [6, 6.07) is 13.3. The average Bonchev–Trinajstić information content (AvgIpc) is 3.05. The number of hydrazone groups is 1. The number of H-pyrrole nitrogens is 1. The summed E-state index contributed by atoms with van der Waals surface area (Å²) in [5.74, 6) is -0.454. The number of aromatic amines is 1. The lowest BCUT2D eigenvalue weighted by molar-refractivity contribution is -0.126. The van der Waals surface area contributed by atoms with Crippen molar-refractivity contribution in [2.75, 3.05) is 0 Å². The van der Waals surface area contributed by atoms with Crippen molar-refractivity contribution in [3.05, 3.63) is 59.9 Å². The monoisotopic (exact) mass is 298 g/mol. The summed E-state index contributed by atoms with van der Waals surface area (Å²) in [7, 11) is 0. The number of amides is 2. The lowest BCUT2D eigenvalue weighted by Gasteiger charge is -2.04. The number of carbonyl (C=O) groups is 2. The Morgan fingerprint density at radius 3 is 2.55 bits per heavy atom. The van der Waals surface area contributed by atoms with Crippen LogP contribution in [0.15, 0.2) is 53.8 Å². The second-order valence-electron chi connectivity index (χ2n) is 4.68. The number of benzene rings is 1. The van der Waals surface area contributed by atoms with Crippen LogP contribution in [-0.2, 0) is 16.1 Å². The van der Waals surface area contributed by atoms with E-state index in [-0.39, 0.29) is 24.7 Å². The fourth-order valence-electron chi connectivity index (χ4n) is 1.77. The molecule has 2 aromatic rings.